The van der Waals surface area contributed by atoms with E-state index >= 15 is 0 Å². The second kappa shape index (κ2) is 5.11. The first-order valence-electron chi connectivity index (χ1n) is 6.41. The summed E-state index contributed by atoms with van der Waals surface area (Å²) >= 11 is 0. The van der Waals surface area contributed by atoms with Gasteiger partial charge >= 0.3 is 5.97 Å². The van der Waals surface area contributed by atoms with E-state index in [1.54, 1.807) is 0 Å². The van der Waals surface area contributed by atoms with Crippen molar-refractivity contribution < 1.29 is 14.6 Å². The molecular weight excluding hydrogens is 228 g/mol. The molecule has 98 valence electrons. The third kappa shape index (κ3) is 2.56. The van der Waals surface area contributed by atoms with Crippen molar-refractivity contribution in [2.24, 2.45) is 5.92 Å². The number of allylic oxidation sites excluding steroid dienone is 1. The van der Waals surface area contributed by atoms with Crippen LogP contribution in [0.5, 0.6) is 0 Å². The molecule has 3 atom stereocenters. The molecule has 3 heteroatoms. The number of carbonyl (C=O) groups is 1. The smallest absolute Gasteiger partial charge is 0.334 e. The third-order valence-corrected chi connectivity index (χ3v) is 3.81. The number of fused-ring (bicyclic) bond motifs is 1. The molecule has 0 aromatic rings. The van der Waals surface area contributed by atoms with Crippen LogP contribution in [0, 0.1) is 5.92 Å². The lowest BCUT2D eigenvalue weighted by Crippen LogP contribution is -2.21. The number of rotatable bonds is 1. The molecule has 0 spiro atoms. The quantitative estimate of drug-likeness (QED) is 0.573. The van der Waals surface area contributed by atoms with Gasteiger partial charge in [-0.05, 0) is 44.8 Å². The summed E-state index contributed by atoms with van der Waals surface area (Å²) in [6.07, 6.45) is 5.18. The van der Waals surface area contributed by atoms with Crippen LogP contribution in [0.2, 0.25) is 0 Å². The Bertz CT molecular complexity index is 431. The van der Waals surface area contributed by atoms with Gasteiger partial charge in [-0.25, -0.2) is 4.79 Å². The van der Waals surface area contributed by atoms with E-state index in [0.717, 1.165) is 17.6 Å². The van der Waals surface area contributed by atoms with Crippen LogP contribution in [0.3, 0.4) is 0 Å². The van der Waals surface area contributed by atoms with E-state index in [9.17, 15) is 9.90 Å². The zero-order chi connectivity index (χ0) is 13.3. The second-order valence-electron chi connectivity index (χ2n) is 5.25. The number of aliphatic hydroxyl groups excluding tert-OH is 1. The minimum absolute atomic E-state index is 0.103. The maximum Gasteiger partial charge on any atom is 0.334 e. The summed E-state index contributed by atoms with van der Waals surface area (Å²) < 4.78 is 5.40. The van der Waals surface area contributed by atoms with Crippen LogP contribution in [0.4, 0.5) is 0 Å². The number of hydrogen-bond acceptors (Lipinski definition) is 3. The first-order chi connectivity index (χ1) is 8.49. The van der Waals surface area contributed by atoms with Gasteiger partial charge in [0.1, 0.15) is 6.10 Å². The summed E-state index contributed by atoms with van der Waals surface area (Å²) in [4.78, 5) is 11.7. The van der Waals surface area contributed by atoms with Gasteiger partial charge in [-0.15, -0.1) is 0 Å². The van der Waals surface area contributed by atoms with Crippen molar-refractivity contribution in [2.75, 3.05) is 0 Å². The maximum atomic E-state index is 11.7. The van der Waals surface area contributed by atoms with Crippen molar-refractivity contribution in [3.05, 3.63) is 35.5 Å². The van der Waals surface area contributed by atoms with Crippen molar-refractivity contribution in [3.8, 4) is 0 Å². The summed E-state index contributed by atoms with van der Waals surface area (Å²) in [5, 5.41) is 9.97. The normalized spacial score (nSPS) is 35.3. The van der Waals surface area contributed by atoms with Crippen LogP contribution in [0.15, 0.2) is 35.5 Å². The Hall–Kier alpha value is -1.35. The predicted molar refractivity (Wildman–Crippen MR) is 69.9 cm³/mol. The van der Waals surface area contributed by atoms with E-state index in [-0.39, 0.29) is 18.0 Å². The predicted octanol–water partition coefficient (Wildman–Crippen LogP) is 2.52. The fourth-order valence-electron chi connectivity index (χ4n) is 2.47. The molecule has 0 unspecified atom stereocenters. The molecule has 2 bridgehead atoms. The van der Waals surface area contributed by atoms with Gasteiger partial charge in [-0.2, -0.15) is 0 Å². The minimum Gasteiger partial charge on any atom is -0.454 e. The molecular formula is C15H20O3. The van der Waals surface area contributed by atoms with Gasteiger partial charge in [-0.3, -0.25) is 0 Å². The van der Waals surface area contributed by atoms with Gasteiger partial charge in [0.25, 0.3) is 0 Å². The molecule has 1 aliphatic heterocycles. The van der Waals surface area contributed by atoms with E-state index in [4.69, 9.17) is 4.74 Å². The van der Waals surface area contributed by atoms with Gasteiger partial charge in [0, 0.05) is 11.5 Å². The molecule has 0 aromatic carbocycles. The van der Waals surface area contributed by atoms with Gasteiger partial charge in [-0.1, -0.05) is 18.2 Å². The highest BCUT2D eigenvalue weighted by atomic mass is 16.5. The zero-order valence-corrected chi connectivity index (χ0v) is 11.0. The molecule has 0 fully saturated rings. The molecule has 0 saturated heterocycles. The first kappa shape index (κ1) is 13.1. The number of esters is 1. The largest absolute Gasteiger partial charge is 0.454 e. The van der Waals surface area contributed by atoms with Gasteiger partial charge in [0.05, 0.1) is 6.10 Å². The van der Waals surface area contributed by atoms with E-state index in [1.165, 1.54) is 0 Å². The summed E-state index contributed by atoms with van der Waals surface area (Å²) in [5.74, 6) is -0.135. The summed E-state index contributed by atoms with van der Waals surface area (Å²) in [6, 6.07) is 0. The van der Waals surface area contributed by atoms with Gasteiger partial charge in [0.15, 0.2) is 0 Å². The number of hydrogen-bond donors (Lipinski definition) is 1. The fraction of sp³-hybridized carbons (Fsp3) is 0.533. The Morgan fingerprint density at radius 3 is 2.94 bits per heavy atom. The molecule has 1 heterocycles. The lowest BCUT2D eigenvalue weighted by atomic mass is 9.88. The molecule has 2 rings (SSSR count). The monoisotopic (exact) mass is 248 g/mol. The highest BCUT2D eigenvalue weighted by Gasteiger charge is 2.32. The minimum atomic E-state index is -0.471. The number of ether oxygens (including phenoxy) is 1. The van der Waals surface area contributed by atoms with Crippen LogP contribution < -0.4 is 0 Å². The SMILES string of the molecule is C=C(C)[C@@H]1C/C=C(\C)[C@H](O)CCC2=C[C@@H]1OC2=O. The molecule has 1 aliphatic carbocycles. The Kier molecular flexibility index (Phi) is 3.71. The standard InChI is InChI=1S/C15H20O3/c1-9(2)12-6-4-10(3)13(16)7-5-11-8-14(12)18-15(11)17/h4,8,12-14,16H,1,5-7H2,2-3H3/b10-4+/t12-,13+,14-/m0/s1. The lowest BCUT2D eigenvalue weighted by molar-refractivity contribution is -0.141. The molecule has 0 amide bonds. The number of aliphatic hydroxyl groups is 1. The second-order valence-corrected chi connectivity index (χ2v) is 5.25. The summed E-state index contributed by atoms with van der Waals surface area (Å²) in [7, 11) is 0. The topological polar surface area (TPSA) is 46.5 Å². The van der Waals surface area contributed by atoms with E-state index in [1.807, 2.05) is 26.0 Å². The third-order valence-electron chi connectivity index (χ3n) is 3.81. The molecule has 0 aromatic heterocycles. The Balaban J connectivity index is 2.29. The highest BCUT2D eigenvalue weighted by molar-refractivity contribution is 5.91. The van der Waals surface area contributed by atoms with Crippen molar-refractivity contribution in [1.29, 1.82) is 0 Å². The van der Waals surface area contributed by atoms with Crippen molar-refractivity contribution in [3.63, 3.8) is 0 Å². The van der Waals surface area contributed by atoms with Crippen molar-refractivity contribution in [1.82, 2.24) is 0 Å². The molecule has 2 aliphatic rings. The van der Waals surface area contributed by atoms with Crippen molar-refractivity contribution in [2.45, 2.75) is 45.3 Å². The van der Waals surface area contributed by atoms with E-state index in [0.29, 0.717) is 18.4 Å². The van der Waals surface area contributed by atoms with Crippen LogP contribution in [0.25, 0.3) is 0 Å². The Labute approximate surface area is 108 Å². The average Bonchev–Trinajstić information content (AvgIpc) is 2.66. The fourth-order valence-corrected chi connectivity index (χ4v) is 2.47. The molecule has 18 heavy (non-hydrogen) atoms. The molecule has 1 N–H and O–H groups in total. The molecule has 3 nitrogen and oxygen atoms in total. The molecule has 0 radical (unpaired) electrons. The Morgan fingerprint density at radius 2 is 2.28 bits per heavy atom. The average molecular weight is 248 g/mol. The highest BCUT2D eigenvalue weighted by Crippen LogP contribution is 2.31. The molecule has 0 saturated carbocycles. The lowest BCUT2D eigenvalue weighted by Gasteiger charge is -2.21. The Morgan fingerprint density at radius 1 is 1.56 bits per heavy atom. The van der Waals surface area contributed by atoms with E-state index < -0.39 is 6.10 Å². The van der Waals surface area contributed by atoms with Crippen LogP contribution in [-0.2, 0) is 9.53 Å². The van der Waals surface area contributed by atoms with Crippen molar-refractivity contribution >= 4 is 5.97 Å². The van der Waals surface area contributed by atoms with Crippen LogP contribution >= 0.6 is 0 Å². The van der Waals surface area contributed by atoms with Gasteiger partial charge in [0.2, 0.25) is 0 Å². The summed E-state index contributed by atoms with van der Waals surface area (Å²) in [6.45, 7) is 7.86. The summed E-state index contributed by atoms with van der Waals surface area (Å²) in [5.41, 5.74) is 2.67. The van der Waals surface area contributed by atoms with Crippen LogP contribution in [0.1, 0.15) is 33.1 Å². The zero-order valence-electron chi connectivity index (χ0n) is 11.0. The van der Waals surface area contributed by atoms with E-state index in [2.05, 4.69) is 6.58 Å². The maximum absolute atomic E-state index is 11.7. The van der Waals surface area contributed by atoms with Crippen LogP contribution in [-0.4, -0.2) is 23.3 Å². The first-order valence-corrected chi connectivity index (χ1v) is 6.41. The number of carbonyl (C=O) groups excluding carboxylic acids is 1. The van der Waals surface area contributed by atoms with Gasteiger partial charge < -0.3 is 9.84 Å².